The summed E-state index contributed by atoms with van der Waals surface area (Å²) in [5.41, 5.74) is 9.09. The topological polar surface area (TPSA) is 12.0 Å². The van der Waals surface area contributed by atoms with Gasteiger partial charge >= 0.3 is 0 Å². The monoisotopic (exact) mass is 461 g/mol. The van der Waals surface area contributed by atoms with Gasteiger partial charge in [0.15, 0.2) is 0 Å². The summed E-state index contributed by atoms with van der Waals surface area (Å²) < 4.78 is 0. The molecule has 1 N–H and O–H groups in total. The van der Waals surface area contributed by atoms with E-state index in [9.17, 15) is 0 Å². The van der Waals surface area contributed by atoms with Crippen molar-refractivity contribution in [2.75, 3.05) is 12.4 Å². The van der Waals surface area contributed by atoms with Crippen molar-refractivity contribution in [3.63, 3.8) is 0 Å². The summed E-state index contributed by atoms with van der Waals surface area (Å²) in [7, 11) is 2.06. The van der Waals surface area contributed by atoms with Crippen molar-refractivity contribution < 1.29 is 0 Å². The summed E-state index contributed by atoms with van der Waals surface area (Å²) in [6.45, 7) is 14.2. The maximum Gasteiger partial charge on any atom is 0.0341 e. The Morgan fingerprint density at radius 2 is 1.26 bits per heavy atom. The molecule has 1 heteroatoms. The molecule has 1 aliphatic rings. The summed E-state index contributed by atoms with van der Waals surface area (Å²) in [4.78, 5) is 0. The van der Waals surface area contributed by atoms with Crippen LogP contribution in [0.2, 0.25) is 0 Å². The lowest BCUT2D eigenvalue weighted by atomic mass is 9.65. The lowest BCUT2D eigenvalue weighted by Crippen LogP contribution is -2.31. The molecule has 0 saturated heterocycles. The van der Waals surface area contributed by atoms with Crippen LogP contribution < -0.4 is 5.32 Å². The standard InChI is InChI=1S/C33H51N/c1-8-12-14-25(10-3)22-33(23-26(11-4)15-13-9-2)31-20-27(24(5)6)16-18-29(31)30-19-17-28(34-7)21-32(30)33/h16-21,24-26,34H,8-15,22-23H2,1-7H3. The maximum absolute atomic E-state index is 3.45. The molecule has 0 spiro atoms. The van der Waals surface area contributed by atoms with Gasteiger partial charge in [0.25, 0.3) is 0 Å². The van der Waals surface area contributed by atoms with Crippen LogP contribution in [-0.4, -0.2) is 7.05 Å². The Balaban J connectivity index is 2.23. The van der Waals surface area contributed by atoms with Crippen LogP contribution in [0.5, 0.6) is 0 Å². The normalized spacial score (nSPS) is 18.6. The molecule has 0 saturated carbocycles. The third-order valence-electron chi connectivity index (χ3n) is 8.70. The van der Waals surface area contributed by atoms with Gasteiger partial charge in [-0.3, -0.25) is 0 Å². The number of unbranched alkanes of at least 4 members (excludes halogenated alkanes) is 2. The summed E-state index contributed by atoms with van der Waals surface area (Å²) >= 11 is 0. The SMILES string of the molecule is CCCCC(CC)CC1(CC(CC)CCCC)c2cc(NC)ccc2-c2ccc(C(C)C)cc21. The Labute approximate surface area is 211 Å². The number of hydrogen-bond acceptors (Lipinski definition) is 1. The van der Waals surface area contributed by atoms with Gasteiger partial charge in [-0.2, -0.15) is 0 Å². The van der Waals surface area contributed by atoms with Crippen LogP contribution in [0.3, 0.4) is 0 Å². The molecular formula is C33H51N. The van der Waals surface area contributed by atoms with Gasteiger partial charge in [-0.15, -0.1) is 0 Å². The van der Waals surface area contributed by atoms with E-state index in [1.165, 1.54) is 86.6 Å². The van der Waals surface area contributed by atoms with Gasteiger partial charge in [-0.1, -0.05) is 117 Å². The van der Waals surface area contributed by atoms with E-state index >= 15 is 0 Å². The van der Waals surface area contributed by atoms with Crippen molar-refractivity contribution in [2.45, 2.75) is 117 Å². The van der Waals surface area contributed by atoms with E-state index in [1.54, 1.807) is 11.1 Å². The Morgan fingerprint density at radius 3 is 1.74 bits per heavy atom. The van der Waals surface area contributed by atoms with Crippen LogP contribution in [0, 0.1) is 11.8 Å². The van der Waals surface area contributed by atoms with Crippen LogP contribution in [-0.2, 0) is 5.41 Å². The molecule has 0 heterocycles. The smallest absolute Gasteiger partial charge is 0.0341 e. The largest absolute Gasteiger partial charge is 0.388 e. The average Bonchev–Trinajstić information content (AvgIpc) is 3.12. The van der Waals surface area contributed by atoms with Crippen molar-refractivity contribution in [3.8, 4) is 11.1 Å². The molecule has 0 bridgehead atoms. The molecule has 1 aliphatic carbocycles. The molecule has 0 amide bonds. The lowest BCUT2D eigenvalue weighted by Gasteiger charge is -2.39. The first-order valence-corrected chi connectivity index (χ1v) is 14.4. The van der Waals surface area contributed by atoms with Crippen LogP contribution in [0.25, 0.3) is 11.1 Å². The lowest BCUT2D eigenvalue weighted by molar-refractivity contribution is 0.266. The first-order valence-electron chi connectivity index (χ1n) is 14.4. The highest BCUT2D eigenvalue weighted by Gasteiger charge is 2.45. The second kappa shape index (κ2) is 12.3. The molecule has 2 atom stereocenters. The Hall–Kier alpha value is -1.76. The molecule has 0 radical (unpaired) electrons. The van der Waals surface area contributed by atoms with Crippen LogP contribution in [0.4, 0.5) is 5.69 Å². The number of nitrogens with one attached hydrogen (secondary N) is 1. The Kier molecular flexibility index (Phi) is 9.69. The van der Waals surface area contributed by atoms with E-state index in [0.717, 1.165) is 11.8 Å². The molecule has 2 unspecified atom stereocenters. The van der Waals surface area contributed by atoms with E-state index in [-0.39, 0.29) is 5.41 Å². The first-order chi connectivity index (χ1) is 16.4. The molecule has 0 aromatic heterocycles. The first kappa shape index (κ1) is 26.8. The highest BCUT2D eigenvalue weighted by molar-refractivity contribution is 5.83. The molecule has 34 heavy (non-hydrogen) atoms. The number of fused-ring (bicyclic) bond motifs is 3. The molecule has 2 aromatic rings. The predicted molar refractivity (Wildman–Crippen MR) is 152 cm³/mol. The molecule has 0 aliphatic heterocycles. The number of anilines is 1. The molecular weight excluding hydrogens is 410 g/mol. The fourth-order valence-corrected chi connectivity index (χ4v) is 6.42. The van der Waals surface area contributed by atoms with Gasteiger partial charge in [0, 0.05) is 18.2 Å². The maximum atomic E-state index is 3.45. The van der Waals surface area contributed by atoms with Crippen molar-refractivity contribution in [2.24, 2.45) is 11.8 Å². The fourth-order valence-electron chi connectivity index (χ4n) is 6.42. The fraction of sp³-hybridized carbons (Fsp3) is 0.636. The zero-order valence-corrected chi connectivity index (χ0v) is 23.3. The third-order valence-corrected chi connectivity index (χ3v) is 8.70. The van der Waals surface area contributed by atoms with Crippen LogP contribution in [0.15, 0.2) is 36.4 Å². The van der Waals surface area contributed by atoms with Gasteiger partial charge in [-0.05, 0) is 70.5 Å². The number of rotatable bonds is 14. The van der Waals surface area contributed by atoms with Crippen molar-refractivity contribution in [1.82, 2.24) is 0 Å². The van der Waals surface area contributed by atoms with E-state index in [4.69, 9.17) is 0 Å². The Bertz CT molecular complexity index is 891. The second-order valence-corrected chi connectivity index (χ2v) is 11.3. The quantitative estimate of drug-likeness (QED) is 0.295. The summed E-state index contributed by atoms with van der Waals surface area (Å²) in [6, 6.07) is 14.6. The number of benzene rings is 2. The zero-order valence-electron chi connectivity index (χ0n) is 23.3. The predicted octanol–water partition coefficient (Wildman–Crippen LogP) is 10.3. The van der Waals surface area contributed by atoms with E-state index in [1.807, 2.05) is 0 Å². The van der Waals surface area contributed by atoms with Crippen molar-refractivity contribution >= 4 is 5.69 Å². The van der Waals surface area contributed by atoms with Gasteiger partial charge in [0.1, 0.15) is 0 Å². The highest BCUT2D eigenvalue weighted by Crippen LogP contribution is 2.57. The van der Waals surface area contributed by atoms with Gasteiger partial charge in [0.05, 0.1) is 0 Å². The molecule has 188 valence electrons. The summed E-state index contributed by atoms with van der Waals surface area (Å²) in [6.07, 6.45) is 13.2. The van der Waals surface area contributed by atoms with Crippen LogP contribution >= 0.6 is 0 Å². The van der Waals surface area contributed by atoms with E-state index in [0.29, 0.717) is 5.92 Å². The molecule has 3 rings (SSSR count). The molecule has 2 aromatic carbocycles. The second-order valence-electron chi connectivity index (χ2n) is 11.3. The minimum absolute atomic E-state index is 0.130. The highest BCUT2D eigenvalue weighted by atomic mass is 14.8. The van der Waals surface area contributed by atoms with Crippen molar-refractivity contribution in [1.29, 1.82) is 0 Å². The minimum Gasteiger partial charge on any atom is -0.388 e. The Morgan fingerprint density at radius 1 is 0.735 bits per heavy atom. The summed E-state index contributed by atoms with van der Waals surface area (Å²) in [5.74, 6) is 2.12. The molecule has 0 fully saturated rings. The van der Waals surface area contributed by atoms with E-state index < -0.39 is 0 Å². The van der Waals surface area contributed by atoms with Gasteiger partial charge < -0.3 is 5.32 Å². The summed E-state index contributed by atoms with van der Waals surface area (Å²) in [5, 5.41) is 3.45. The molecule has 1 nitrogen and oxygen atoms in total. The third kappa shape index (κ3) is 5.55. The van der Waals surface area contributed by atoms with Crippen LogP contribution in [0.1, 0.15) is 128 Å². The van der Waals surface area contributed by atoms with Gasteiger partial charge in [-0.25, -0.2) is 0 Å². The minimum atomic E-state index is 0.130. The average molecular weight is 462 g/mol. The zero-order chi connectivity index (χ0) is 24.7. The number of hydrogen-bond donors (Lipinski definition) is 1. The van der Waals surface area contributed by atoms with E-state index in [2.05, 4.69) is 90.3 Å². The van der Waals surface area contributed by atoms with Crippen molar-refractivity contribution in [3.05, 3.63) is 53.1 Å². The van der Waals surface area contributed by atoms with Gasteiger partial charge in [0.2, 0.25) is 0 Å².